The number of rotatable bonds is 7. The van der Waals surface area contributed by atoms with Gasteiger partial charge < -0.3 is 14.3 Å². The van der Waals surface area contributed by atoms with Crippen LogP contribution in [0.25, 0.3) is 10.4 Å². The van der Waals surface area contributed by atoms with Crippen molar-refractivity contribution in [2.45, 2.75) is 63.8 Å². The predicted molar refractivity (Wildman–Crippen MR) is 107 cm³/mol. The largest absolute Gasteiger partial charge is 0.481 e. The van der Waals surface area contributed by atoms with Crippen molar-refractivity contribution < 1.29 is 19.1 Å². The van der Waals surface area contributed by atoms with E-state index in [1.807, 2.05) is 33.9 Å². The predicted octanol–water partition coefficient (Wildman–Crippen LogP) is 2.23. The van der Waals surface area contributed by atoms with E-state index in [1.54, 1.807) is 0 Å². The van der Waals surface area contributed by atoms with E-state index < -0.39 is 49.9 Å². The molecule has 1 aliphatic heterocycles. The number of aliphatic carboxylic acids is 1. The van der Waals surface area contributed by atoms with Crippen LogP contribution in [0, 0.1) is 5.92 Å². The lowest BCUT2D eigenvalue weighted by Gasteiger charge is -2.40. The van der Waals surface area contributed by atoms with Crippen LogP contribution in [0.3, 0.4) is 0 Å². The minimum atomic E-state index is -2.39. The van der Waals surface area contributed by atoms with Gasteiger partial charge in [-0.3, -0.25) is 19.1 Å². The lowest BCUT2D eigenvalue weighted by atomic mass is 9.94. The van der Waals surface area contributed by atoms with Gasteiger partial charge in [-0.25, -0.2) is 4.79 Å². The van der Waals surface area contributed by atoms with Gasteiger partial charge in [0.25, 0.3) is 5.56 Å². The zero-order chi connectivity index (χ0) is 22.0. The molecule has 0 spiro atoms. The molecule has 0 unspecified atom stereocenters. The summed E-state index contributed by atoms with van der Waals surface area (Å²) < 4.78 is 13.7. The van der Waals surface area contributed by atoms with Gasteiger partial charge in [-0.2, -0.15) is 0 Å². The van der Waals surface area contributed by atoms with Crippen molar-refractivity contribution in [2.24, 2.45) is 11.0 Å². The molecule has 0 bridgehead atoms. The summed E-state index contributed by atoms with van der Waals surface area (Å²) in [6.45, 7) is 10.1. The number of nitrogens with one attached hydrogen (secondary N) is 1. The highest BCUT2D eigenvalue weighted by molar-refractivity contribution is 6.74. The third-order valence-corrected chi connectivity index (χ3v) is 10.1. The van der Waals surface area contributed by atoms with Crippen molar-refractivity contribution in [3.63, 3.8) is 0 Å². The molecule has 1 aromatic rings. The molecule has 0 aromatic carbocycles. The van der Waals surface area contributed by atoms with Gasteiger partial charge in [-0.05, 0) is 23.7 Å². The Hall–Kier alpha value is -2.40. The van der Waals surface area contributed by atoms with E-state index in [4.69, 9.17) is 14.7 Å². The lowest BCUT2D eigenvalue weighted by molar-refractivity contribution is -0.139. The Morgan fingerprint density at radius 3 is 2.62 bits per heavy atom. The zero-order valence-corrected chi connectivity index (χ0v) is 18.2. The van der Waals surface area contributed by atoms with Gasteiger partial charge in [0.15, 0.2) is 14.5 Å². The monoisotopic (exact) mass is 425 g/mol. The van der Waals surface area contributed by atoms with Gasteiger partial charge in [0.2, 0.25) is 0 Å². The Labute approximate surface area is 168 Å². The molecule has 2 heterocycles. The molecule has 4 atom stereocenters. The second-order valence-electron chi connectivity index (χ2n) is 8.60. The van der Waals surface area contributed by atoms with Crippen molar-refractivity contribution in [1.82, 2.24) is 9.55 Å². The highest BCUT2D eigenvalue weighted by Gasteiger charge is 2.51. The second-order valence-corrected chi connectivity index (χ2v) is 13.4. The summed E-state index contributed by atoms with van der Waals surface area (Å²) in [6.07, 6.45) is -1.46. The van der Waals surface area contributed by atoms with E-state index >= 15 is 0 Å². The van der Waals surface area contributed by atoms with Crippen LogP contribution in [-0.4, -0.2) is 47.7 Å². The van der Waals surface area contributed by atoms with Crippen LogP contribution in [0.5, 0.6) is 0 Å². The maximum atomic E-state index is 12.4. The molecule has 1 aromatic heterocycles. The van der Waals surface area contributed by atoms with Gasteiger partial charge in [0, 0.05) is 23.1 Å². The fourth-order valence-corrected chi connectivity index (χ4v) is 4.36. The molecule has 1 fully saturated rings. The molecule has 0 radical (unpaired) electrons. The van der Waals surface area contributed by atoms with Crippen molar-refractivity contribution in [3.05, 3.63) is 43.5 Å². The summed E-state index contributed by atoms with van der Waals surface area (Å²) in [6, 6.07) is 1.18. The van der Waals surface area contributed by atoms with Crippen LogP contribution >= 0.6 is 0 Å². The first-order chi connectivity index (χ1) is 13.4. The van der Waals surface area contributed by atoms with Crippen molar-refractivity contribution >= 4 is 14.3 Å². The van der Waals surface area contributed by atoms with E-state index in [9.17, 15) is 19.5 Å². The third-order valence-electron chi connectivity index (χ3n) is 5.59. The second kappa shape index (κ2) is 8.53. The van der Waals surface area contributed by atoms with Crippen LogP contribution in [0.15, 0.2) is 27.0 Å². The smallest absolute Gasteiger partial charge is 0.330 e. The average Bonchev–Trinajstić information content (AvgIpc) is 2.88. The first kappa shape index (κ1) is 22.9. The van der Waals surface area contributed by atoms with Gasteiger partial charge in [0.1, 0.15) is 0 Å². The molecule has 29 heavy (non-hydrogen) atoms. The first-order valence-electron chi connectivity index (χ1n) is 9.25. The van der Waals surface area contributed by atoms with Gasteiger partial charge in [0.05, 0.1) is 25.2 Å². The van der Waals surface area contributed by atoms with Crippen LogP contribution in [0.1, 0.15) is 33.4 Å². The minimum Gasteiger partial charge on any atom is -0.481 e. The van der Waals surface area contributed by atoms with Crippen molar-refractivity contribution in [1.29, 1.82) is 0 Å². The lowest BCUT2D eigenvalue weighted by Crippen LogP contribution is -2.48. The summed E-state index contributed by atoms with van der Waals surface area (Å²) >= 11 is 0. The Morgan fingerprint density at radius 1 is 1.45 bits per heavy atom. The molecule has 11 nitrogen and oxygen atoms in total. The normalized spacial score (nSPS) is 24.9. The van der Waals surface area contributed by atoms with E-state index in [2.05, 4.69) is 15.0 Å². The number of carboxylic acids is 1. The molecule has 160 valence electrons. The number of aromatic nitrogens is 2. The molecule has 0 amide bonds. The van der Waals surface area contributed by atoms with Crippen LogP contribution < -0.4 is 11.2 Å². The van der Waals surface area contributed by atoms with Crippen LogP contribution in [-0.2, 0) is 14.0 Å². The van der Waals surface area contributed by atoms with Gasteiger partial charge in [-0.15, -0.1) is 0 Å². The molecule has 0 saturated carbocycles. The Morgan fingerprint density at radius 2 is 2.10 bits per heavy atom. The Balaban J connectivity index is 2.55. The van der Waals surface area contributed by atoms with Crippen LogP contribution in [0.4, 0.5) is 0 Å². The summed E-state index contributed by atoms with van der Waals surface area (Å²) in [5, 5.41) is 12.8. The van der Waals surface area contributed by atoms with Crippen molar-refractivity contribution in [3.8, 4) is 0 Å². The summed E-state index contributed by atoms with van der Waals surface area (Å²) in [5.41, 5.74) is 7.43. The number of aromatic amines is 1. The number of carbonyl (C=O) groups is 1. The van der Waals surface area contributed by atoms with E-state index in [0.29, 0.717) is 0 Å². The standard InChI is InChI=1S/C17H27N5O6Si/c1-17(2,3)29(4,5)28-14-10(8-13(24)25)11(9-19-21-18)27-15(14)22-7-6-12(23)20-16(22)26/h6-7,10-11,14-15H,8-9H2,1-5H3,(H,24,25)(H,20,23,26)/t10-,11-,14-,15-/m1/s1. The fraction of sp³-hybridized carbons (Fsp3) is 0.706. The van der Waals surface area contributed by atoms with E-state index in [1.165, 1.54) is 16.8 Å². The number of hydrogen-bond acceptors (Lipinski definition) is 6. The summed E-state index contributed by atoms with van der Waals surface area (Å²) in [7, 11) is -2.39. The molecular weight excluding hydrogens is 398 g/mol. The third kappa shape index (κ3) is 5.15. The topological polar surface area (TPSA) is 159 Å². The Bertz CT molecular complexity index is 914. The highest BCUT2D eigenvalue weighted by Crippen LogP contribution is 2.44. The Kier molecular flexibility index (Phi) is 6.73. The van der Waals surface area contributed by atoms with Gasteiger partial charge >= 0.3 is 11.7 Å². The molecule has 0 aliphatic carbocycles. The molecule has 1 saturated heterocycles. The quantitative estimate of drug-likeness (QED) is 0.295. The summed E-state index contributed by atoms with van der Waals surface area (Å²) in [5.74, 6) is -1.70. The fourth-order valence-electron chi connectivity index (χ4n) is 3.04. The molecule has 2 rings (SSSR count). The SMILES string of the molecule is CC(C)(C)[Si](C)(C)O[C@@H]1[C@H](CC(=O)O)[C@@H](CN=[N+]=[N-])O[C@H]1n1ccc(=O)[nH]c1=O. The maximum absolute atomic E-state index is 12.4. The number of carboxylic acid groups (broad SMARTS) is 1. The number of nitrogens with zero attached hydrogens (tertiary/aromatic N) is 4. The zero-order valence-electron chi connectivity index (χ0n) is 17.2. The molecule has 1 aliphatic rings. The number of hydrogen-bond donors (Lipinski definition) is 2. The minimum absolute atomic E-state index is 0.0968. The van der Waals surface area contributed by atoms with Crippen LogP contribution in [0.2, 0.25) is 18.1 Å². The first-order valence-corrected chi connectivity index (χ1v) is 12.2. The average molecular weight is 426 g/mol. The highest BCUT2D eigenvalue weighted by atomic mass is 28.4. The molecule has 12 heteroatoms. The van der Waals surface area contributed by atoms with E-state index in [-0.39, 0.29) is 18.0 Å². The van der Waals surface area contributed by atoms with Gasteiger partial charge in [-0.1, -0.05) is 25.9 Å². The molecule has 2 N–H and O–H groups in total. The number of ether oxygens (including phenoxy) is 1. The number of H-pyrrole nitrogens is 1. The van der Waals surface area contributed by atoms with Crippen molar-refractivity contribution in [2.75, 3.05) is 6.54 Å². The molecular formula is C17H27N5O6Si. The number of azide groups is 1. The maximum Gasteiger partial charge on any atom is 0.330 e. The van der Waals surface area contributed by atoms with E-state index in [0.717, 1.165) is 0 Å². The summed E-state index contributed by atoms with van der Waals surface area (Å²) in [4.78, 5) is 40.2.